The van der Waals surface area contributed by atoms with Crippen molar-refractivity contribution in [1.29, 1.82) is 0 Å². The molecule has 5 nitrogen and oxygen atoms in total. The molecule has 1 N–H and O–H groups in total. The molecule has 0 atom stereocenters. The number of rotatable bonds is 1. The highest BCUT2D eigenvalue weighted by Gasteiger charge is 2.17. The second-order valence-electron chi connectivity index (χ2n) is 4.13. The minimum atomic E-state index is -0.512. The first-order valence-corrected chi connectivity index (χ1v) is 5.26. The number of hydrogen-bond acceptors (Lipinski definition) is 3. The standard InChI is InChI=1S/C9H14BrN3O2/c1-9(2,3)15-8(14)11-7-6(10)5-13(4)12-7/h5H,1-4H3,(H,11,12,14). The first-order chi connectivity index (χ1) is 6.78. The number of anilines is 1. The number of carbonyl (C=O) groups is 1. The van der Waals surface area contributed by atoms with Crippen LogP contribution in [0.15, 0.2) is 10.7 Å². The molecule has 1 amide bonds. The van der Waals surface area contributed by atoms with Gasteiger partial charge in [-0.25, -0.2) is 4.79 Å². The van der Waals surface area contributed by atoms with Crippen LogP contribution in [-0.4, -0.2) is 21.5 Å². The van der Waals surface area contributed by atoms with Crippen LogP contribution in [0, 0.1) is 0 Å². The van der Waals surface area contributed by atoms with Crippen molar-refractivity contribution in [3.8, 4) is 0 Å². The van der Waals surface area contributed by atoms with Gasteiger partial charge in [0.2, 0.25) is 0 Å². The van der Waals surface area contributed by atoms with Gasteiger partial charge in [-0.05, 0) is 36.7 Å². The molecule has 0 radical (unpaired) electrons. The third-order valence-corrected chi connectivity index (χ3v) is 1.98. The van der Waals surface area contributed by atoms with E-state index < -0.39 is 11.7 Å². The Hall–Kier alpha value is -1.04. The van der Waals surface area contributed by atoms with Crippen molar-refractivity contribution in [2.24, 2.45) is 7.05 Å². The Bertz CT molecular complexity index is 368. The summed E-state index contributed by atoms with van der Waals surface area (Å²) >= 11 is 3.27. The number of nitrogens with one attached hydrogen (secondary N) is 1. The van der Waals surface area contributed by atoms with E-state index in [1.165, 1.54) is 0 Å². The third kappa shape index (κ3) is 3.91. The molecule has 0 unspecified atom stereocenters. The maximum atomic E-state index is 11.4. The van der Waals surface area contributed by atoms with Crippen molar-refractivity contribution in [3.63, 3.8) is 0 Å². The molecule has 0 saturated heterocycles. The first kappa shape index (κ1) is 12.0. The number of aromatic nitrogens is 2. The molecule has 1 heterocycles. The molecular formula is C9H14BrN3O2. The fraction of sp³-hybridized carbons (Fsp3) is 0.556. The molecule has 0 spiro atoms. The summed E-state index contributed by atoms with van der Waals surface area (Å²) in [6, 6.07) is 0. The molecule has 1 rings (SSSR count). The van der Waals surface area contributed by atoms with Gasteiger partial charge in [0, 0.05) is 13.2 Å². The second-order valence-corrected chi connectivity index (χ2v) is 4.98. The molecule has 15 heavy (non-hydrogen) atoms. The second kappa shape index (κ2) is 4.22. The summed E-state index contributed by atoms with van der Waals surface area (Å²) in [7, 11) is 1.77. The quantitative estimate of drug-likeness (QED) is 0.857. The fourth-order valence-electron chi connectivity index (χ4n) is 0.945. The van der Waals surface area contributed by atoms with E-state index in [0.29, 0.717) is 5.82 Å². The monoisotopic (exact) mass is 275 g/mol. The lowest BCUT2D eigenvalue weighted by molar-refractivity contribution is 0.0635. The van der Waals surface area contributed by atoms with Gasteiger partial charge in [-0.3, -0.25) is 10.00 Å². The van der Waals surface area contributed by atoms with Gasteiger partial charge in [-0.15, -0.1) is 0 Å². The largest absolute Gasteiger partial charge is 0.444 e. The predicted molar refractivity (Wildman–Crippen MR) is 60.8 cm³/mol. The summed E-state index contributed by atoms with van der Waals surface area (Å²) in [6.07, 6.45) is 1.23. The minimum Gasteiger partial charge on any atom is -0.444 e. The molecule has 0 saturated carbocycles. The number of ether oxygens (including phenoxy) is 1. The Morgan fingerprint density at radius 2 is 2.20 bits per heavy atom. The zero-order valence-electron chi connectivity index (χ0n) is 9.17. The maximum Gasteiger partial charge on any atom is 0.413 e. The Labute approximate surface area is 96.9 Å². The lowest BCUT2D eigenvalue weighted by Gasteiger charge is -2.19. The average molecular weight is 276 g/mol. The Balaban J connectivity index is 2.63. The van der Waals surface area contributed by atoms with E-state index in [0.717, 1.165) is 4.47 Å². The van der Waals surface area contributed by atoms with Gasteiger partial charge in [0.25, 0.3) is 0 Å². The highest BCUT2D eigenvalue weighted by Crippen LogP contribution is 2.20. The highest BCUT2D eigenvalue weighted by atomic mass is 79.9. The van der Waals surface area contributed by atoms with Crippen LogP contribution < -0.4 is 5.32 Å². The van der Waals surface area contributed by atoms with Crippen LogP contribution in [0.3, 0.4) is 0 Å². The number of hydrogen-bond donors (Lipinski definition) is 1. The lowest BCUT2D eigenvalue weighted by Crippen LogP contribution is -2.27. The molecular weight excluding hydrogens is 262 g/mol. The number of amides is 1. The van der Waals surface area contributed by atoms with Gasteiger partial charge >= 0.3 is 6.09 Å². The molecule has 1 aromatic heterocycles. The van der Waals surface area contributed by atoms with Crippen molar-refractivity contribution in [3.05, 3.63) is 10.7 Å². The summed E-state index contributed by atoms with van der Waals surface area (Å²) in [5.41, 5.74) is -0.509. The average Bonchev–Trinajstić information content (AvgIpc) is 2.25. The summed E-state index contributed by atoms with van der Waals surface area (Å²) < 4.78 is 7.40. The topological polar surface area (TPSA) is 56.2 Å². The maximum absolute atomic E-state index is 11.4. The molecule has 0 aliphatic heterocycles. The zero-order valence-corrected chi connectivity index (χ0v) is 10.8. The van der Waals surface area contributed by atoms with Crippen LogP contribution in [0.5, 0.6) is 0 Å². The van der Waals surface area contributed by atoms with E-state index in [4.69, 9.17) is 4.74 Å². The number of halogens is 1. The molecule has 0 aromatic carbocycles. The first-order valence-electron chi connectivity index (χ1n) is 4.47. The van der Waals surface area contributed by atoms with Crippen LogP contribution in [0.2, 0.25) is 0 Å². The predicted octanol–water partition coefficient (Wildman–Crippen LogP) is 2.53. The number of aryl methyl sites for hydroxylation is 1. The van der Waals surface area contributed by atoms with Crippen molar-refractivity contribution < 1.29 is 9.53 Å². The highest BCUT2D eigenvalue weighted by molar-refractivity contribution is 9.10. The SMILES string of the molecule is Cn1cc(Br)c(NC(=O)OC(C)(C)C)n1. The molecule has 6 heteroatoms. The van der Waals surface area contributed by atoms with E-state index >= 15 is 0 Å². The van der Waals surface area contributed by atoms with Gasteiger partial charge in [-0.1, -0.05) is 0 Å². The van der Waals surface area contributed by atoms with Crippen LogP contribution in [0.1, 0.15) is 20.8 Å². The molecule has 84 valence electrons. The molecule has 1 aromatic rings. The van der Waals surface area contributed by atoms with Crippen LogP contribution >= 0.6 is 15.9 Å². The normalized spacial score (nSPS) is 11.3. The van der Waals surface area contributed by atoms with Crippen LogP contribution in [-0.2, 0) is 11.8 Å². The van der Waals surface area contributed by atoms with Crippen molar-refractivity contribution in [2.45, 2.75) is 26.4 Å². The van der Waals surface area contributed by atoms with Crippen molar-refractivity contribution in [1.82, 2.24) is 9.78 Å². The summed E-state index contributed by atoms with van der Waals surface area (Å²) in [4.78, 5) is 11.4. The molecule has 0 aliphatic rings. The Morgan fingerprint density at radius 1 is 1.60 bits per heavy atom. The summed E-state index contributed by atoms with van der Waals surface area (Å²) in [5, 5.41) is 6.59. The van der Waals surface area contributed by atoms with Gasteiger partial charge < -0.3 is 4.74 Å². The lowest BCUT2D eigenvalue weighted by atomic mass is 10.2. The smallest absolute Gasteiger partial charge is 0.413 e. The molecule has 0 aliphatic carbocycles. The van der Waals surface area contributed by atoms with E-state index in [1.807, 2.05) is 0 Å². The van der Waals surface area contributed by atoms with E-state index in [2.05, 4.69) is 26.3 Å². The van der Waals surface area contributed by atoms with Crippen molar-refractivity contribution >= 4 is 27.8 Å². The van der Waals surface area contributed by atoms with E-state index in [-0.39, 0.29) is 0 Å². The fourth-order valence-corrected chi connectivity index (χ4v) is 1.42. The molecule has 0 bridgehead atoms. The van der Waals surface area contributed by atoms with Gasteiger partial charge in [-0.2, -0.15) is 5.10 Å². The van der Waals surface area contributed by atoms with Crippen molar-refractivity contribution in [2.75, 3.05) is 5.32 Å². The summed E-state index contributed by atoms with van der Waals surface area (Å²) in [6.45, 7) is 5.42. The number of carbonyl (C=O) groups excluding carboxylic acids is 1. The van der Waals surface area contributed by atoms with E-state index in [1.54, 1.807) is 38.7 Å². The summed E-state index contributed by atoms with van der Waals surface area (Å²) in [5.74, 6) is 0.451. The third-order valence-electron chi connectivity index (χ3n) is 1.40. The Morgan fingerprint density at radius 3 is 2.60 bits per heavy atom. The van der Waals surface area contributed by atoms with Gasteiger partial charge in [0.15, 0.2) is 5.82 Å². The van der Waals surface area contributed by atoms with Gasteiger partial charge in [0.1, 0.15) is 5.60 Å². The van der Waals surface area contributed by atoms with Gasteiger partial charge in [0.05, 0.1) is 4.47 Å². The minimum absolute atomic E-state index is 0.451. The molecule has 0 fully saturated rings. The van der Waals surface area contributed by atoms with E-state index in [9.17, 15) is 4.79 Å². The Kier molecular flexibility index (Phi) is 3.38. The van der Waals surface area contributed by atoms with Crippen LogP contribution in [0.4, 0.5) is 10.6 Å². The zero-order chi connectivity index (χ0) is 11.6. The van der Waals surface area contributed by atoms with Crippen LogP contribution in [0.25, 0.3) is 0 Å². The number of nitrogens with zero attached hydrogens (tertiary/aromatic N) is 2.